The molecule has 0 aromatic heterocycles. The summed E-state index contributed by atoms with van der Waals surface area (Å²) in [4.78, 5) is 2.38. The summed E-state index contributed by atoms with van der Waals surface area (Å²) >= 11 is 0. The molecule has 0 heterocycles. The summed E-state index contributed by atoms with van der Waals surface area (Å²) in [6.07, 6.45) is 7.05. The molecule has 2 heteroatoms. The van der Waals surface area contributed by atoms with Gasteiger partial charge in [-0.1, -0.05) is 19.3 Å². The maximum Gasteiger partial charge on any atom is 0.0367 e. The number of hydrogen-bond donors (Lipinski definition) is 1. The van der Waals surface area contributed by atoms with Gasteiger partial charge in [-0.25, -0.2) is 0 Å². The lowest BCUT2D eigenvalue weighted by molar-refractivity contribution is 0.328. The smallest absolute Gasteiger partial charge is 0.0367 e. The first-order valence-electron chi connectivity index (χ1n) is 8.36. The Labute approximate surface area is 124 Å². The van der Waals surface area contributed by atoms with Crippen LogP contribution in [0.15, 0.2) is 24.3 Å². The van der Waals surface area contributed by atoms with Crippen molar-refractivity contribution >= 4 is 11.4 Å². The Kier molecular flexibility index (Phi) is 5.75. The van der Waals surface area contributed by atoms with Crippen LogP contribution in [0.1, 0.15) is 52.9 Å². The van der Waals surface area contributed by atoms with Gasteiger partial charge in [-0.3, -0.25) is 0 Å². The molecule has 1 unspecified atom stereocenters. The van der Waals surface area contributed by atoms with Crippen molar-refractivity contribution < 1.29 is 0 Å². The quantitative estimate of drug-likeness (QED) is 0.792. The summed E-state index contributed by atoms with van der Waals surface area (Å²) in [6, 6.07) is 9.53. The molecule has 1 N–H and O–H groups in total. The van der Waals surface area contributed by atoms with Gasteiger partial charge in [0, 0.05) is 30.5 Å². The Morgan fingerprint density at radius 2 is 1.65 bits per heavy atom. The lowest BCUT2D eigenvalue weighted by Crippen LogP contribution is -2.27. The van der Waals surface area contributed by atoms with Crippen molar-refractivity contribution in [1.29, 1.82) is 0 Å². The average Bonchev–Trinajstić information content (AvgIpc) is 2.51. The van der Waals surface area contributed by atoms with E-state index in [1.807, 2.05) is 0 Å². The van der Waals surface area contributed by atoms with Gasteiger partial charge in [-0.2, -0.15) is 0 Å². The molecule has 1 fully saturated rings. The Hall–Kier alpha value is -1.18. The minimum atomic E-state index is 0.592. The highest BCUT2D eigenvalue weighted by Crippen LogP contribution is 2.28. The zero-order chi connectivity index (χ0) is 14.4. The molecule has 112 valence electrons. The van der Waals surface area contributed by atoms with Gasteiger partial charge < -0.3 is 10.2 Å². The molecule has 0 radical (unpaired) electrons. The van der Waals surface area contributed by atoms with Gasteiger partial charge in [-0.05, 0) is 63.8 Å². The van der Waals surface area contributed by atoms with E-state index in [9.17, 15) is 0 Å². The number of nitrogens with one attached hydrogen (secondary N) is 1. The van der Waals surface area contributed by atoms with Crippen LogP contribution in [0.2, 0.25) is 0 Å². The third-order valence-corrected chi connectivity index (χ3v) is 4.75. The second-order valence-electron chi connectivity index (χ2n) is 6.05. The highest BCUT2D eigenvalue weighted by atomic mass is 15.1. The van der Waals surface area contributed by atoms with Crippen LogP contribution in [-0.4, -0.2) is 19.1 Å². The van der Waals surface area contributed by atoms with Gasteiger partial charge >= 0.3 is 0 Å². The average molecular weight is 274 g/mol. The maximum absolute atomic E-state index is 3.70. The van der Waals surface area contributed by atoms with Gasteiger partial charge in [0.2, 0.25) is 0 Å². The molecule has 1 saturated carbocycles. The number of anilines is 2. The summed E-state index contributed by atoms with van der Waals surface area (Å²) in [6.45, 7) is 8.90. The zero-order valence-electron chi connectivity index (χ0n) is 13.4. The molecular formula is C18H30N2. The molecule has 1 aromatic rings. The van der Waals surface area contributed by atoms with E-state index in [0.29, 0.717) is 6.04 Å². The fourth-order valence-corrected chi connectivity index (χ4v) is 3.37. The van der Waals surface area contributed by atoms with E-state index in [2.05, 4.69) is 55.3 Å². The molecular weight excluding hydrogens is 244 g/mol. The SMILES string of the molecule is CCN(CC)c1ccc(NC(C)C2CCCCC2)cc1. The van der Waals surface area contributed by atoms with Gasteiger partial charge in [0.1, 0.15) is 0 Å². The molecule has 0 amide bonds. The summed E-state index contributed by atoms with van der Waals surface area (Å²) < 4.78 is 0. The van der Waals surface area contributed by atoms with E-state index in [1.54, 1.807) is 0 Å². The third kappa shape index (κ3) is 3.91. The molecule has 0 aliphatic heterocycles. The second kappa shape index (κ2) is 7.56. The molecule has 2 rings (SSSR count). The van der Waals surface area contributed by atoms with Gasteiger partial charge in [0.05, 0.1) is 0 Å². The van der Waals surface area contributed by atoms with Crippen LogP contribution < -0.4 is 10.2 Å². The topological polar surface area (TPSA) is 15.3 Å². The third-order valence-electron chi connectivity index (χ3n) is 4.75. The number of rotatable bonds is 6. The van der Waals surface area contributed by atoms with Crippen LogP contribution in [0.3, 0.4) is 0 Å². The molecule has 1 aliphatic rings. The van der Waals surface area contributed by atoms with Crippen LogP contribution in [0, 0.1) is 5.92 Å². The molecule has 2 nitrogen and oxygen atoms in total. The summed E-state index contributed by atoms with van der Waals surface area (Å²) in [5, 5.41) is 3.70. The molecule has 1 atom stereocenters. The minimum Gasteiger partial charge on any atom is -0.382 e. The van der Waals surface area contributed by atoms with Crippen LogP contribution in [0.25, 0.3) is 0 Å². The van der Waals surface area contributed by atoms with E-state index in [4.69, 9.17) is 0 Å². The summed E-state index contributed by atoms with van der Waals surface area (Å²) in [7, 11) is 0. The Bertz CT molecular complexity index is 375. The second-order valence-corrected chi connectivity index (χ2v) is 6.05. The lowest BCUT2D eigenvalue weighted by atomic mass is 9.84. The largest absolute Gasteiger partial charge is 0.382 e. The van der Waals surface area contributed by atoms with E-state index in [-0.39, 0.29) is 0 Å². The molecule has 0 saturated heterocycles. The molecule has 0 spiro atoms. The van der Waals surface area contributed by atoms with E-state index in [0.717, 1.165) is 19.0 Å². The first kappa shape index (κ1) is 15.2. The zero-order valence-corrected chi connectivity index (χ0v) is 13.4. The fourth-order valence-electron chi connectivity index (χ4n) is 3.37. The van der Waals surface area contributed by atoms with Crippen LogP contribution >= 0.6 is 0 Å². The van der Waals surface area contributed by atoms with Gasteiger partial charge in [-0.15, -0.1) is 0 Å². The van der Waals surface area contributed by atoms with E-state index < -0.39 is 0 Å². The Morgan fingerprint density at radius 1 is 1.05 bits per heavy atom. The van der Waals surface area contributed by atoms with Crippen molar-refractivity contribution in [3.8, 4) is 0 Å². The normalized spacial score (nSPS) is 17.8. The van der Waals surface area contributed by atoms with Gasteiger partial charge in [0.25, 0.3) is 0 Å². The number of nitrogens with zero attached hydrogens (tertiary/aromatic N) is 1. The first-order valence-corrected chi connectivity index (χ1v) is 8.36. The van der Waals surface area contributed by atoms with Crippen LogP contribution in [0.5, 0.6) is 0 Å². The first-order chi connectivity index (χ1) is 9.74. The van der Waals surface area contributed by atoms with E-state index >= 15 is 0 Å². The molecule has 20 heavy (non-hydrogen) atoms. The summed E-state index contributed by atoms with van der Waals surface area (Å²) in [5.41, 5.74) is 2.59. The van der Waals surface area contributed by atoms with Crippen molar-refractivity contribution in [1.82, 2.24) is 0 Å². The van der Waals surface area contributed by atoms with Crippen molar-refractivity contribution in [2.45, 2.75) is 58.9 Å². The highest BCUT2D eigenvalue weighted by molar-refractivity contribution is 5.55. The van der Waals surface area contributed by atoms with Crippen molar-refractivity contribution in [3.05, 3.63) is 24.3 Å². The van der Waals surface area contributed by atoms with Crippen LogP contribution in [-0.2, 0) is 0 Å². The van der Waals surface area contributed by atoms with Gasteiger partial charge in [0.15, 0.2) is 0 Å². The predicted octanol–water partition coefficient (Wildman–Crippen LogP) is 4.91. The number of hydrogen-bond acceptors (Lipinski definition) is 2. The minimum absolute atomic E-state index is 0.592. The fraction of sp³-hybridized carbons (Fsp3) is 0.667. The van der Waals surface area contributed by atoms with Crippen molar-refractivity contribution in [2.24, 2.45) is 5.92 Å². The molecule has 1 aromatic carbocycles. The Morgan fingerprint density at radius 3 is 2.20 bits per heavy atom. The summed E-state index contributed by atoms with van der Waals surface area (Å²) in [5.74, 6) is 0.853. The molecule has 0 bridgehead atoms. The molecule has 1 aliphatic carbocycles. The van der Waals surface area contributed by atoms with Crippen LogP contribution in [0.4, 0.5) is 11.4 Å². The number of benzene rings is 1. The monoisotopic (exact) mass is 274 g/mol. The standard InChI is InChI=1S/C18H30N2/c1-4-20(5-2)18-13-11-17(12-14-18)19-15(3)16-9-7-6-8-10-16/h11-16,19H,4-10H2,1-3H3. The Balaban J connectivity index is 1.92. The van der Waals surface area contributed by atoms with Crippen molar-refractivity contribution in [3.63, 3.8) is 0 Å². The van der Waals surface area contributed by atoms with Crippen molar-refractivity contribution in [2.75, 3.05) is 23.3 Å². The highest BCUT2D eigenvalue weighted by Gasteiger charge is 2.19. The predicted molar refractivity (Wildman–Crippen MR) is 89.7 cm³/mol. The van der Waals surface area contributed by atoms with E-state index in [1.165, 1.54) is 43.5 Å². The lowest BCUT2D eigenvalue weighted by Gasteiger charge is -2.29. The maximum atomic E-state index is 3.70.